The molecule has 0 atom stereocenters. The van der Waals surface area contributed by atoms with E-state index in [0.717, 1.165) is 11.3 Å². The highest BCUT2D eigenvalue weighted by Crippen LogP contribution is 2.21. The maximum Gasteiger partial charge on any atom is 0.263 e. The van der Waals surface area contributed by atoms with Gasteiger partial charge in [-0.1, -0.05) is 11.3 Å². The van der Waals surface area contributed by atoms with Crippen LogP contribution in [0.3, 0.4) is 0 Å². The van der Waals surface area contributed by atoms with E-state index in [1.807, 2.05) is 0 Å². The first-order chi connectivity index (χ1) is 7.99. The van der Waals surface area contributed by atoms with E-state index in [4.69, 9.17) is 5.73 Å². The topological polar surface area (TPSA) is 98.0 Å². The van der Waals surface area contributed by atoms with E-state index in [9.17, 15) is 8.42 Å². The predicted molar refractivity (Wildman–Crippen MR) is 66.3 cm³/mol. The van der Waals surface area contributed by atoms with Crippen LogP contribution in [0.2, 0.25) is 0 Å². The van der Waals surface area contributed by atoms with Gasteiger partial charge in [0.05, 0.1) is 4.90 Å². The molecule has 0 radical (unpaired) electrons. The van der Waals surface area contributed by atoms with Crippen molar-refractivity contribution in [1.82, 2.24) is 10.2 Å². The Kier molecular flexibility index (Phi) is 2.99. The first-order valence-electron chi connectivity index (χ1n) is 4.64. The summed E-state index contributed by atoms with van der Waals surface area (Å²) in [6.45, 7) is 1.69. The molecule has 0 aliphatic carbocycles. The Labute approximate surface area is 103 Å². The van der Waals surface area contributed by atoms with Crippen LogP contribution in [0.5, 0.6) is 0 Å². The van der Waals surface area contributed by atoms with Crippen LogP contribution >= 0.6 is 11.3 Å². The summed E-state index contributed by atoms with van der Waals surface area (Å²) in [7, 11) is -3.63. The van der Waals surface area contributed by atoms with Gasteiger partial charge in [0.2, 0.25) is 5.13 Å². The third kappa shape index (κ3) is 2.53. The van der Waals surface area contributed by atoms with Crippen LogP contribution in [0.1, 0.15) is 5.56 Å². The van der Waals surface area contributed by atoms with E-state index in [1.54, 1.807) is 19.1 Å². The van der Waals surface area contributed by atoms with Crippen molar-refractivity contribution >= 4 is 32.2 Å². The molecular weight excluding hydrogens is 260 g/mol. The zero-order valence-corrected chi connectivity index (χ0v) is 10.5. The Balaban J connectivity index is 2.38. The number of nitrogen functional groups attached to an aromatic ring is 1. The van der Waals surface area contributed by atoms with Crippen LogP contribution in [0.25, 0.3) is 0 Å². The number of anilines is 2. The maximum atomic E-state index is 12.0. The minimum atomic E-state index is -3.63. The molecule has 17 heavy (non-hydrogen) atoms. The van der Waals surface area contributed by atoms with Gasteiger partial charge in [-0.25, -0.2) is 8.42 Å². The molecule has 0 spiro atoms. The Morgan fingerprint density at radius 3 is 2.76 bits per heavy atom. The molecule has 8 heteroatoms. The lowest BCUT2D eigenvalue weighted by atomic mass is 10.2. The largest absolute Gasteiger partial charge is 0.399 e. The average molecular weight is 270 g/mol. The van der Waals surface area contributed by atoms with Crippen molar-refractivity contribution in [2.24, 2.45) is 0 Å². The van der Waals surface area contributed by atoms with Crippen LogP contribution in [-0.2, 0) is 10.0 Å². The quantitative estimate of drug-likeness (QED) is 0.817. The number of sulfonamides is 1. The molecule has 2 aromatic rings. The van der Waals surface area contributed by atoms with Crippen LogP contribution in [0.4, 0.5) is 10.8 Å². The average Bonchev–Trinajstić information content (AvgIpc) is 2.68. The van der Waals surface area contributed by atoms with Crippen molar-refractivity contribution in [3.63, 3.8) is 0 Å². The molecule has 1 heterocycles. The summed E-state index contributed by atoms with van der Waals surface area (Å²) < 4.78 is 26.4. The third-order valence-electron chi connectivity index (χ3n) is 2.07. The summed E-state index contributed by atoms with van der Waals surface area (Å²) >= 11 is 1.12. The lowest BCUT2D eigenvalue weighted by Gasteiger charge is -2.08. The number of benzene rings is 1. The monoisotopic (exact) mass is 270 g/mol. The fourth-order valence-electron chi connectivity index (χ4n) is 1.36. The molecule has 1 aromatic carbocycles. The number of nitrogens with zero attached hydrogens (tertiary/aromatic N) is 2. The van der Waals surface area contributed by atoms with E-state index in [1.165, 1.54) is 11.6 Å². The molecular formula is C9H10N4O2S2. The van der Waals surface area contributed by atoms with Gasteiger partial charge in [0.15, 0.2) is 0 Å². The minimum Gasteiger partial charge on any atom is -0.399 e. The molecule has 3 N–H and O–H groups in total. The van der Waals surface area contributed by atoms with E-state index in [0.29, 0.717) is 11.3 Å². The second-order valence-electron chi connectivity index (χ2n) is 3.37. The van der Waals surface area contributed by atoms with Crippen molar-refractivity contribution in [3.05, 3.63) is 29.3 Å². The molecule has 0 saturated carbocycles. The highest BCUT2D eigenvalue weighted by Gasteiger charge is 2.18. The van der Waals surface area contributed by atoms with E-state index < -0.39 is 10.0 Å². The first-order valence-corrected chi connectivity index (χ1v) is 7.00. The highest BCUT2D eigenvalue weighted by molar-refractivity contribution is 7.93. The summed E-state index contributed by atoms with van der Waals surface area (Å²) in [6.07, 6.45) is 0. The number of rotatable bonds is 3. The van der Waals surface area contributed by atoms with Gasteiger partial charge < -0.3 is 5.73 Å². The summed E-state index contributed by atoms with van der Waals surface area (Å²) in [5.41, 5.74) is 8.13. The number of hydrogen-bond acceptors (Lipinski definition) is 6. The molecule has 0 fully saturated rings. The summed E-state index contributed by atoms with van der Waals surface area (Å²) in [4.78, 5) is 0.182. The number of hydrogen-bond donors (Lipinski definition) is 2. The van der Waals surface area contributed by atoms with Crippen LogP contribution in [0, 0.1) is 6.92 Å². The molecule has 0 saturated heterocycles. The Morgan fingerprint density at radius 1 is 1.41 bits per heavy atom. The molecule has 1 aromatic heterocycles. The van der Waals surface area contributed by atoms with Crippen molar-refractivity contribution in [2.75, 3.05) is 10.5 Å². The van der Waals surface area contributed by atoms with Gasteiger partial charge in [-0.05, 0) is 30.7 Å². The van der Waals surface area contributed by atoms with Gasteiger partial charge in [0, 0.05) is 5.69 Å². The van der Waals surface area contributed by atoms with E-state index in [2.05, 4.69) is 14.9 Å². The fourth-order valence-corrected chi connectivity index (χ4v) is 3.28. The zero-order valence-electron chi connectivity index (χ0n) is 8.91. The lowest BCUT2D eigenvalue weighted by Crippen LogP contribution is -2.14. The van der Waals surface area contributed by atoms with Crippen LogP contribution in [-0.4, -0.2) is 18.6 Å². The standard InChI is InChI=1S/C9H10N4O2S2/c1-6-4-7(10)2-3-8(6)17(14,15)13-9-12-11-5-16-9/h2-5H,10H2,1H3,(H,12,13). The number of aromatic nitrogens is 2. The Morgan fingerprint density at radius 2 is 2.18 bits per heavy atom. The van der Waals surface area contributed by atoms with Crippen molar-refractivity contribution in [3.8, 4) is 0 Å². The highest BCUT2D eigenvalue weighted by atomic mass is 32.2. The predicted octanol–water partition coefficient (Wildman–Crippen LogP) is 1.23. The molecule has 0 bridgehead atoms. The molecule has 90 valence electrons. The lowest BCUT2D eigenvalue weighted by molar-refractivity contribution is 0.600. The van der Waals surface area contributed by atoms with Gasteiger partial charge in [0.25, 0.3) is 10.0 Å². The van der Waals surface area contributed by atoms with Crippen LogP contribution in [0.15, 0.2) is 28.6 Å². The summed E-state index contributed by atoms with van der Waals surface area (Å²) in [5, 5.41) is 7.42. The van der Waals surface area contributed by atoms with Gasteiger partial charge >= 0.3 is 0 Å². The van der Waals surface area contributed by atoms with Crippen molar-refractivity contribution in [2.45, 2.75) is 11.8 Å². The summed E-state index contributed by atoms with van der Waals surface area (Å²) in [5.74, 6) is 0. The summed E-state index contributed by atoms with van der Waals surface area (Å²) in [6, 6.07) is 4.62. The molecule has 6 nitrogen and oxygen atoms in total. The minimum absolute atomic E-state index is 0.182. The van der Waals surface area contributed by atoms with Crippen molar-refractivity contribution < 1.29 is 8.42 Å². The van der Waals surface area contributed by atoms with Crippen LogP contribution < -0.4 is 10.5 Å². The van der Waals surface area contributed by atoms with Gasteiger partial charge in [0.1, 0.15) is 5.51 Å². The van der Waals surface area contributed by atoms with E-state index in [-0.39, 0.29) is 10.0 Å². The third-order valence-corrected chi connectivity index (χ3v) is 4.31. The normalized spacial score (nSPS) is 11.4. The maximum absolute atomic E-state index is 12.0. The van der Waals surface area contributed by atoms with E-state index >= 15 is 0 Å². The Bertz CT molecular complexity index is 622. The molecule has 0 unspecified atom stereocenters. The van der Waals surface area contributed by atoms with Crippen molar-refractivity contribution in [1.29, 1.82) is 0 Å². The van der Waals surface area contributed by atoms with Gasteiger partial charge in [-0.3, -0.25) is 4.72 Å². The second-order valence-corrected chi connectivity index (χ2v) is 5.86. The first kappa shape index (κ1) is 11.8. The van der Waals surface area contributed by atoms with Gasteiger partial charge in [-0.2, -0.15) is 0 Å². The second kappa shape index (κ2) is 4.30. The number of nitrogens with one attached hydrogen (secondary N) is 1. The molecule has 0 amide bonds. The molecule has 2 rings (SSSR count). The number of nitrogens with two attached hydrogens (primary N) is 1. The molecule has 0 aliphatic rings. The zero-order chi connectivity index (χ0) is 12.5. The number of aryl methyl sites for hydroxylation is 1. The Hall–Kier alpha value is -1.67. The molecule has 0 aliphatic heterocycles. The smallest absolute Gasteiger partial charge is 0.263 e. The van der Waals surface area contributed by atoms with Gasteiger partial charge in [-0.15, -0.1) is 10.2 Å². The fraction of sp³-hybridized carbons (Fsp3) is 0.111. The SMILES string of the molecule is Cc1cc(N)ccc1S(=O)(=O)Nc1nncs1.